The third-order valence-electron chi connectivity index (χ3n) is 3.57. The molecule has 0 aromatic heterocycles. The molecule has 4 heteroatoms. The van der Waals surface area contributed by atoms with Gasteiger partial charge in [-0.05, 0) is 43.9 Å². The summed E-state index contributed by atoms with van der Waals surface area (Å²) in [6.45, 7) is 2.36. The number of aliphatic hydroxyl groups excluding tert-OH is 1. The topological polar surface area (TPSA) is 40.5 Å². The average molecular weight is 265 g/mol. The largest absolute Gasteiger partial charge is 0.395 e. The number of nitrogens with zero attached hydrogens (tertiary/aromatic N) is 1. The number of hydrogen-bond acceptors (Lipinski definition) is 3. The minimum atomic E-state index is 0.0157. The van der Waals surface area contributed by atoms with Crippen molar-refractivity contribution in [2.75, 3.05) is 13.2 Å². The SMILES string of the molecule is Cc1ccc(S)cc1C(=O)N(CCO)C1CCC1. The number of aryl methyl sites for hydroxylation is 1. The summed E-state index contributed by atoms with van der Waals surface area (Å²) < 4.78 is 0. The third kappa shape index (κ3) is 2.70. The number of hydrogen-bond donors (Lipinski definition) is 2. The van der Waals surface area contributed by atoms with E-state index in [2.05, 4.69) is 12.6 Å². The molecule has 0 aliphatic heterocycles. The maximum absolute atomic E-state index is 12.5. The van der Waals surface area contributed by atoms with Crippen molar-refractivity contribution in [3.05, 3.63) is 29.3 Å². The molecule has 0 spiro atoms. The highest BCUT2D eigenvalue weighted by molar-refractivity contribution is 7.80. The molecule has 2 rings (SSSR count). The molecule has 0 bridgehead atoms. The Morgan fingerprint density at radius 1 is 1.50 bits per heavy atom. The van der Waals surface area contributed by atoms with Crippen LogP contribution in [0, 0.1) is 6.92 Å². The van der Waals surface area contributed by atoms with Crippen molar-refractivity contribution in [1.82, 2.24) is 4.90 Å². The molecule has 0 atom stereocenters. The smallest absolute Gasteiger partial charge is 0.254 e. The summed E-state index contributed by atoms with van der Waals surface area (Å²) in [4.78, 5) is 15.1. The first-order chi connectivity index (χ1) is 8.63. The van der Waals surface area contributed by atoms with E-state index in [1.165, 1.54) is 6.42 Å². The number of aliphatic hydroxyl groups is 1. The molecule has 0 saturated heterocycles. The first-order valence-electron chi connectivity index (χ1n) is 6.35. The fourth-order valence-electron chi connectivity index (χ4n) is 2.25. The molecular weight excluding hydrogens is 246 g/mol. The highest BCUT2D eigenvalue weighted by Gasteiger charge is 2.29. The zero-order chi connectivity index (χ0) is 13.1. The van der Waals surface area contributed by atoms with Gasteiger partial charge in [0.1, 0.15) is 0 Å². The van der Waals surface area contributed by atoms with Crippen LogP contribution in [0.15, 0.2) is 23.1 Å². The Balaban J connectivity index is 2.23. The fraction of sp³-hybridized carbons (Fsp3) is 0.500. The number of carbonyl (C=O) groups is 1. The normalized spacial score (nSPS) is 15.3. The molecule has 1 N–H and O–H groups in total. The van der Waals surface area contributed by atoms with Gasteiger partial charge in [0.2, 0.25) is 0 Å². The lowest BCUT2D eigenvalue weighted by Gasteiger charge is -2.37. The second-order valence-electron chi connectivity index (χ2n) is 4.81. The van der Waals surface area contributed by atoms with Gasteiger partial charge in [0.25, 0.3) is 5.91 Å². The van der Waals surface area contributed by atoms with Gasteiger partial charge in [0, 0.05) is 23.0 Å². The van der Waals surface area contributed by atoms with Crippen LogP contribution in [-0.4, -0.2) is 35.1 Å². The molecule has 1 aromatic rings. The van der Waals surface area contributed by atoms with Crippen LogP contribution in [0.5, 0.6) is 0 Å². The maximum atomic E-state index is 12.5. The molecule has 0 unspecified atom stereocenters. The predicted molar refractivity (Wildman–Crippen MR) is 74.2 cm³/mol. The van der Waals surface area contributed by atoms with Crippen molar-refractivity contribution in [3.8, 4) is 0 Å². The summed E-state index contributed by atoms with van der Waals surface area (Å²) in [5, 5.41) is 9.12. The van der Waals surface area contributed by atoms with E-state index in [-0.39, 0.29) is 12.5 Å². The molecule has 0 radical (unpaired) electrons. The minimum absolute atomic E-state index is 0.0157. The Morgan fingerprint density at radius 3 is 2.78 bits per heavy atom. The van der Waals surface area contributed by atoms with E-state index in [9.17, 15) is 4.79 Å². The molecule has 0 heterocycles. The Labute approximate surface area is 113 Å². The van der Waals surface area contributed by atoms with E-state index in [1.807, 2.05) is 25.1 Å². The summed E-state index contributed by atoms with van der Waals surface area (Å²) >= 11 is 4.29. The third-order valence-corrected chi connectivity index (χ3v) is 3.85. The summed E-state index contributed by atoms with van der Waals surface area (Å²) in [5.41, 5.74) is 1.66. The Morgan fingerprint density at radius 2 is 2.22 bits per heavy atom. The average Bonchev–Trinajstić information content (AvgIpc) is 2.28. The number of amides is 1. The van der Waals surface area contributed by atoms with Crippen LogP contribution in [0.1, 0.15) is 35.2 Å². The van der Waals surface area contributed by atoms with E-state index >= 15 is 0 Å². The molecule has 1 aromatic carbocycles. The standard InChI is InChI=1S/C14H19NO2S/c1-10-5-6-12(18)9-13(10)14(17)15(7-8-16)11-3-2-4-11/h5-6,9,11,16,18H,2-4,7-8H2,1H3. The molecule has 18 heavy (non-hydrogen) atoms. The van der Waals surface area contributed by atoms with Gasteiger partial charge in [-0.25, -0.2) is 0 Å². The number of benzene rings is 1. The van der Waals surface area contributed by atoms with Gasteiger partial charge >= 0.3 is 0 Å². The maximum Gasteiger partial charge on any atom is 0.254 e. The molecule has 3 nitrogen and oxygen atoms in total. The molecule has 1 aliphatic rings. The van der Waals surface area contributed by atoms with Crippen molar-refractivity contribution in [2.45, 2.75) is 37.1 Å². The van der Waals surface area contributed by atoms with E-state index < -0.39 is 0 Å². The highest BCUT2D eigenvalue weighted by Crippen LogP contribution is 2.27. The molecule has 1 fully saturated rings. The number of thiol groups is 1. The molecule has 98 valence electrons. The fourth-order valence-corrected chi connectivity index (χ4v) is 2.45. The van der Waals surface area contributed by atoms with Crippen LogP contribution >= 0.6 is 12.6 Å². The van der Waals surface area contributed by atoms with Crippen LogP contribution in [0.25, 0.3) is 0 Å². The molecule has 1 saturated carbocycles. The van der Waals surface area contributed by atoms with Crippen LogP contribution < -0.4 is 0 Å². The van der Waals surface area contributed by atoms with Gasteiger partial charge in [0.05, 0.1) is 6.61 Å². The monoisotopic (exact) mass is 265 g/mol. The van der Waals surface area contributed by atoms with Crippen molar-refractivity contribution in [3.63, 3.8) is 0 Å². The summed E-state index contributed by atoms with van der Waals surface area (Å²) in [6.07, 6.45) is 3.27. The summed E-state index contributed by atoms with van der Waals surface area (Å²) in [6, 6.07) is 5.90. The van der Waals surface area contributed by atoms with Crippen molar-refractivity contribution < 1.29 is 9.90 Å². The van der Waals surface area contributed by atoms with Gasteiger partial charge in [-0.1, -0.05) is 6.07 Å². The second-order valence-corrected chi connectivity index (χ2v) is 5.32. The van der Waals surface area contributed by atoms with Gasteiger partial charge in [-0.15, -0.1) is 12.6 Å². The number of carbonyl (C=O) groups excluding carboxylic acids is 1. The van der Waals surface area contributed by atoms with Gasteiger partial charge < -0.3 is 10.0 Å². The van der Waals surface area contributed by atoms with Gasteiger partial charge in [-0.3, -0.25) is 4.79 Å². The van der Waals surface area contributed by atoms with Crippen LogP contribution in [0.4, 0.5) is 0 Å². The van der Waals surface area contributed by atoms with Gasteiger partial charge in [-0.2, -0.15) is 0 Å². The van der Waals surface area contributed by atoms with E-state index in [1.54, 1.807) is 4.90 Å². The second kappa shape index (κ2) is 5.76. The molecular formula is C14H19NO2S. The van der Waals surface area contributed by atoms with Gasteiger partial charge in [0.15, 0.2) is 0 Å². The quantitative estimate of drug-likeness (QED) is 0.820. The lowest BCUT2D eigenvalue weighted by molar-refractivity contribution is 0.0525. The zero-order valence-corrected chi connectivity index (χ0v) is 11.5. The lowest BCUT2D eigenvalue weighted by Crippen LogP contribution is -2.45. The summed E-state index contributed by atoms with van der Waals surface area (Å²) in [5.74, 6) is 0.0159. The first-order valence-corrected chi connectivity index (χ1v) is 6.79. The predicted octanol–water partition coefficient (Wildman–Crippen LogP) is 2.27. The van der Waals surface area contributed by atoms with Crippen LogP contribution in [0.2, 0.25) is 0 Å². The van der Waals surface area contributed by atoms with Crippen molar-refractivity contribution in [1.29, 1.82) is 0 Å². The lowest BCUT2D eigenvalue weighted by atomic mass is 9.90. The Hall–Kier alpha value is -1.00. The highest BCUT2D eigenvalue weighted by atomic mass is 32.1. The summed E-state index contributed by atoms with van der Waals surface area (Å²) in [7, 11) is 0. The van der Waals surface area contributed by atoms with E-state index in [0.717, 1.165) is 23.3 Å². The Bertz CT molecular complexity index is 443. The minimum Gasteiger partial charge on any atom is -0.395 e. The zero-order valence-electron chi connectivity index (χ0n) is 10.6. The first kappa shape index (κ1) is 13.4. The van der Waals surface area contributed by atoms with Crippen LogP contribution in [-0.2, 0) is 0 Å². The van der Waals surface area contributed by atoms with E-state index in [4.69, 9.17) is 5.11 Å². The molecule has 1 aliphatic carbocycles. The van der Waals surface area contributed by atoms with Crippen LogP contribution in [0.3, 0.4) is 0 Å². The van der Waals surface area contributed by atoms with E-state index in [0.29, 0.717) is 18.2 Å². The molecule has 1 amide bonds. The number of rotatable bonds is 4. The van der Waals surface area contributed by atoms with Crippen molar-refractivity contribution >= 4 is 18.5 Å². The Kier molecular flexibility index (Phi) is 4.30. The van der Waals surface area contributed by atoms with Crippen molar-refractivity contribution in [2.24, 2.45) is 0 Å².